The molecule has 5 nitrogen and oxygen atoms in total. The van der Waals surface area contributed by atoms with Gasteiger partial charge in [-0.05, 0) is 50.2 Å². The highest BCUT2D eigenvalue weighted by molar-refractivity contribution is 5.88. The van der Waals surface area contributed by atoms with Crippen LogP contribution in [0.3, 0.4) is 0 Å². The van der Waals surface area contributed by atoms with Crippen molar-refractivity contribution in [3.05, 3.63) is 24.3 Å². The van der Waals surface area contributed by atoms with Crippen LogP contribution in [0, 0.1) is 0 Å². The summed E-state index contributed by atoms with van der Waals surface area (Å²) < 4.78 is 5.73. The molecule has 1 aromatic carbocycles. The molecule has 0 bridgehead atoms. The van der Waals surface area contributed by atoms with Crippen molar-refractivity contribution in [2.45, 2.75) is 24.9 Å². The molecule has 1 amide bonds. The molecule has 3 rings (SSSR count). The number of carbonyl (C=O) groups is 1. The molecule has 2 saturated heterocycles. The van der Waals surface area contributed by atoms with Crippen LogP contribution in [0.4, 0.5) is 16.2 Å². The average Bonchev–Trinajstić information content (AvgIpc) is 2.41. The summed E-state index contributed by atoms with van der Waals surface area (Å²) in [4.78, 5) is 13.9. The van der Waals surface area contributed by atoms with Crippen LogP contribution in [0.15, 0.2) is 24.3 Å². The van der Waals surface area contributed by atoms with Gasteiger partial charge in [-0.15, -0.1) is 0 Å². The summed E-state index contributed by atoms with van der Waals surface area (Å²) in [6.45, 7) is 2.56. The van der Waals surface area contributed by atoms with Gasteiger partial charge in [-0.3, -0.25) is 4.90 Å². The van der Waals surface area contributed by atoms with E-state index in [0.29, 0.717) is 12.2 Å². The summed E-state index contributed by atoms with van der Waals surface area (Å²) in [5.74, 6) is 0. The first-order chi connectivity index (χ1) is 9.19. The largest absolute Gasteiger partial charge is 0.442 e. The van der Waals surface area contributed by atoms with Gasteiger partial charge in [-0.2, -0.15) is 0 Å². The number of carbonyl (C=O) groups excluding carboxylic acids is 1. The standard InChI is InChI=1S/C14H19N3O2/c15-11-1-3-12(4-2-11)17-10-7-14(19-13(17)18)5-8-16-9-6-14/h1-4,16H,5-10,15H2. The molecule has 102 valence electrons. The lowest BCUT2D eigenvalue weighted by molar-refractivity contribution is -0.0261. The van der Waals surface area contributed by atoms with E-state index in [0.717, 1.165) is 38.0 Å². The fraction of sp³-hybridized carbons (Fsp3) is 0.500. The Morgan fingerprint density at radius 1 is 1.16 bits per heavy atom. The number of nitrogens with zero attached hydrogens (tertiary/aromatic N) is 1. The number of nitrogen functional groups attached to an aromatic ring is 1. The van der Waals surface area contributed by atoms with Crippen LogP contribution in [0.1, 0.15) is 19.3 Å². The zero-order valence-corrected chi connectivity index (χ0v) is 10.9. The SMILES string of the molecule is Nc1ccc(N2CCC3(CCNCC3)OC2=O)cc1. The van der Waals surface area contributed by atoms with Gasteiger partial charge in [0.15, 0.2) is 0 Å². The number of nitrogens with two attached hydrogens (primary N) is 1. The van der Waals surface area contributed by atoms with Gasteiger partial charge in [0.2, 0.25) is 0 Å². The normalized spacial score (nSPS) is 22.3. The van der Waals surface area contributed by atoms with Gasteiger partial charge >= 0.3 is 6.09 Å². The van der Waals surface area contributed by atoms with Gasteiger partial charge in [0.05, 0.1) is 0 Å². The molecule has 2 aliphatic heterocycles. The number of nitrogens with one attached hydrogen (secondary N) is 1. The number of piperidine rings is 1. The predicted molar refractivity (Wildman–Crippen MR) is 74.1 cm³/mol. The maximum Gasteiger partial charge on any atom is 0.414 e. The van der Waals surface area contributed by atoms with Crippen LogP contribution in [0.5, 0.6) is 0 Å². The third-order valence-electron chi connectivity index (χ3n) is 4.03. The maximum absolute atomic E-state index is 12.2. The highest BCUT2D eigenvalue weighted by Gasteiger charge is 2.41. The minimum Gasteiger partial charge on any atom is -0.442 e. The molecule has 5 heteroatoms. The second-order valence-corrected chi connectivity index (χ2v) is 5.29. The zero-order chi connectivity index (χ0) is 13.3. The fourth-order valence-corrected chi connectivity index (χ4v) is 2.82. The smallest absolute Gasteiger partial charge is 0.414 e. The van der Waals surface area contributed by atoms with Crippen molar-refractivity contribution >= 4 is 17.5 Å². The Morgan fingerprint density at radius 3 is 2.47 bits per heavy atom. The van der Waals surface area contributed by atoms with E-state index in [1.807, 2.05) is 12.1 Å². The van der Waals surface area contributed by atoms with Crippen molar-refractivity contribution in [2.75, 3.05) is 30.3 Å². The molecule has 0 unspecified atom stereocenters. The molecule has 2 aliphatic rings. The maximum atomic E-state index is 12.2. The minimum absolute atomic E-state index is 0.238. The van der Waals surface area contributed by atoms with Crippen molar-refractivity contribution < 1.29 is 9.53 Å². The summed E-state index contributed by atoms with van der Waals surface area (Å²) in [5.41, 5.74) is 6.97. The third kappa shape index (κ3) is 2.38. The molecular formula is C14H19N3O2. The molecule has 0 atom stereocenters. The highest BCUT2D eigenvalue weighted by Crippen LogP contribution is 2.33. The van der Waals surface area contributed by atoms with Crippen LogP contribution in [-0.2, 0) is 4.74 Å². The lowest BCUT2D eigenvalue weighted by Crippen LogP contribution is -2.54. The number of hydrogen-bond donors (Lipinski definition) is 2. The van der Waals surface area contributed by atoms with Crippen molar-refractivity contribution in [3.63, 3.8) is 0 Å². The van der Waals surface area contributed by atoms with E-state index in [4.69, 9.17) is 10.5 Å². The van der Waals surface area contributed by atoms with Gasteiger partial charge in [0.1, 0.15) is 5.60 Å². The molecule has 3 N–H and O–H groups in total. The highest BCUT2D eigenvalue weighted by atomic mass is 16.6. The predicted octanol–water partition coefficient (Wildman–Crippen LogP) is 1.74. The molecule has 2 fully saturated rings. The molecule has 2 heterocycles. The van der Waals surface area contributed by atoms with Crippen LogP contribution in [0.25, 0.3) is 0 Å². The van der Waals surface area contributed by atoms with Crippen LogP contribution in [-0.4, -0.2) is 31.3 Å². The molecule has 0 aliphatic carbocycles. The topological polar surface area (TPSA) is 67.6 Å². The Bertz CT molecular complexity index is 466. The Balaban J connectivity index is 1.74. The Labute approximate surface area is 112 Å². The first-order valence-electron chi connectivity index (χ1n) is 6.75. The Hall–Kier alpha value is -1.75. The van der Waals surface area contributed by atoms with Crippen LogP contribution in [0.2, 0.25) is 0 Å². The first-order valence-corrected chi connectivity index (χ1v) is 6.75. The Morgan fingerprint density at radius 2 is 1.84 bits per heavy atom. The summed E-state index contributed by atoms with van der Waals surface area (Å²) >= 11 is 0. The van der Waals surface area contributed by atoms with E-state index in [9.17, 15) is 4.79 Å². The van der Waals surface area contributed by atoms with Gasteiger partial charge in [-0.25, -0.2) is 4.79 Å². The summed E-state index contributed by atoms with van der Waals surface area (Å²) in [6.07, 6.45) is 2.48. The molecule has 19 heavy (non-hydrogen) atoms. The number of amides is 1. The number of ether oxygens (including phenoxy) is 1. The molecule has 1 aromatic rings. The van der Waals surface area contributed by atoms with Gasteiger partial charge < -0.3 is 15.8 Å². The number of rotatable bonds is 1. The van der Waals surface area contributed by atoms with E-state index in [2.05, 4.69) is 5.32 Å². The average molecular weight is 261 g/mol. The Kier molecular flexibility index (Phi) is 3.06. The van der Waals surface area contributed by atoms with Crippen molar-refractivity contribution in [2.24, 2.45) is 0 Å². The number of hydrogen-bond acceptors (Lipinski definition) is 4. The monoisotopic (exact) mass is 261 g/mol. The van der Waals surface area contributed by atoms with Gasteiger partial charge in [-0.1, -0.05) is 0 Å². The van der Waals surface area contributed by atoms with Crippen molar-refractivity contribution in [1.29, 1.82) is 0 Å². The van der Waals surface area contributed by atoms with E-state index >= 15 is 0 Å². The summed E-state index contributed by atoms with van der Waals surface area (Å²) in [7, 11) is 0. The fourth-order valence-electron chi connectivity index (χ4n) is 2.82. The van der Waals surface area contributed by atoms with E-state index in [1.165, 1.54) is 0 Å². The molecule has 1 spiro atoms. The third-order valence-corrected chi connectivity index (χ3v) is 4.03. The zero-order valence-electron chi connectivity index (χ0n) is 10.9. The van der Waals surface area contributed by atoms with E-state index in [1.54, 1.807) is 17.0 Å². The second kappa shape index (κ2) is 4.74. The molecular weight excluding hydrogens is 242 g/mol. The van der Waals surface area contributed by atoms with Crippen molar-refractivity contribution in [3.8, 4) is 0 Å². The number of benzene rings is 1. The molecule has 0 aromatic heterocycles. The van der Waals surface area contributed by atoms with Crippen LogP contribution >= 0.6 is 0 Å². The molecule has 0 radical (unpaired) electrons. The first kappa shape index (κ1) is 12.3. The van der Waals surface area contributed by atoms with Gasteiger partial charge in [0.25, 0.3) is 0 Å². The van der Waals surface area contributed by atoms with E-state index < -0.39 is 0 Å². The lowest BCUT2D eigenvalue weighted by atomic mass is 9.87. The minimum atomic E-state index is -0.243. The molecule has 0 saturated carbocycles. The van der Waals surface area contributed by atoms with E-state index in [-0.39, 0.29) is 11.7 Å². The van der Waals surface area contributed by atoms with Gasteiger partial charge in [0, 0.05) is 24.3 Å². The summed E-state index contributed by atoms with van der Waals surface area (Å²) in [6, 6.07) is 7.32. The lowest BCUT2D eigenvalue weighted by Gasteiger charge is -2.43. The quantitative estimate of drug-likeness (QED) is 0.756. The summed E-state index contributed by atoms with van der Waals surface area (Å²) in [5, 5.41) is 3.30. The number of anilines is 2. The second-order valence-electron chi connectivity index (χ2n) is 5.29. The van der Waals surface area contributed by atoms with Crippen LogP contribution < -0.4 is 16.0 Å². The van der Waals surface area contributed by atoms with Crippen molar-refractivity contribution in [1.82, 2.24) is 5.32 Å².